The number of pyridine rings is 1. The van der Waals surface area contributed by atoms with Crippen molar-refractivity contribution in [3.63, 3.8) is 0 Å². The van der Waals surface area contributed by atoms with Crippen LogP contribution in [0.2, 0.25) is 0 Å². The lowest BCUT2D eigenvalue weighted by molar-refractivity contribution is 0.619. The number of aliphatic imine (C=N–C) groups is 1. The van der Waals surface area contributed by atoms with E-state index in [1.54, 1.807) is 24.4 Å². The second-order valence-electron chi connectivity index (χ2n) is 5.72. The van der Waals surface area contributed by atoms with Crippen LogP contribution < -0.4 is 5.32 Å². The van der Waals surface area contributed by atoms with Crippen molar-refractivity contribution in [2.75, 3.05) is 5.32 Å². The van der Waals surface area contributed by atoms with Gasteiger partial charge in [0.25, 0.3) is 5.95 Å². The first-order valence-electron chi connectivity index (χ1n) is 8.11. The molecule has 0 aliphatic heterocycles. The molecule has 2 aromatic heterocycles. The van der Waals surface area contributed by atoms with Crippen molar-refractivity contribution in [2.45, 2.75) is 0 Å². The average molecular weight is 361 g/mol. The molecule has 0 radical (unpaired) electrons. The van der Waals surface area contributed by atoms with Crippen molar-refractivity contribution >= 4 is 34.6 Å². The lowest BCUT2D eigenvalue weighted by Crippen LogP contribution is -1.99. The molecule has 4 aromatic rings. The lowest BCUT2D eigenvalue weighted by atomic mass is 10.2. The molecule has 2 aromatic carbocycles. The van der Waals surface area contributed by atoms with Gasteiger partial charge in [-0.2, -0.15) is 4.98 Å². The van der Waals surface area contributed by atoms with E-state index in [0.717, 1.165) is 17.1 Å². The van der Waals surface area contributed by atoms with Crippen molar-refractivity contribution in [1.82, 2.24) is 15.0 Å². The van der Waals surface area contributed by atoms with Crippen LogP contribution in [0.5, 0.6) is 0 Å². The summed E-state index contributed by atoms with van der Waals surface area (Å²) in [4.78, 5) is 16.2. The standard InChI is InChI=1S/C20H13F2N5/c21-15-5-1-3-13(9-15)11-24-20-25-12-17(22)19(27-20)26-16-6-7-18-14(10-16)4-2-8-23-18/h1-12H,(H,25,26,27)/b24-11+. The molecule has 27 heavy (non-hydrogen) atoms. The third-order valence-corrected chi connectivity index (χ3v) is 3.77. The average Bonchev–Trinajstić information content (AvgIpc) is 2.68. The largest absolute Gasteiger partial charge is 0.338 e. The van der Waals surface area contributed by atoms with Crippen LogP contribution in [-0.4, -0.2) is 21.2 Å². The first-order valence-corrected chi connectivity index (χ1v) is 8.11. The van der Waals surface area contributed by atoms with Crippen LogP contribution in [0.3, 0.4) is 0 Å². The molecule has 0 saturated heterocycles. The fraction of sp³-hybridized carbons (Fsp3) is 0. The van der Waals surface area contributed by atoms with E-state index in [0.29, 0.717) is 11.3 Å². The molecule has 0 unspecified atom stereocenters. The first kappa shape index (κ1) is 16.7. The number of benzene rings is 2. The Balaban J connectivity index is 1.59. The van der Waals surface area contributed by atoms with E-state index in [9.17, 15) is 8.78 Å². The molecule has 0 aliphatic carbocycles. The molecule has 5 nitrogen and oxygen atoms in total. The molecule has 0 aliphatic rings. The van der Waals surface area contributed by atoms with Gasteiger partial charge >= 0.3 is 0 Å². The van der Waals surface area contributed by atoms with E-state index in [1.165, 1.54) is 18.3 Å². The Hall–Kier alpha value is -3.74. The number of nitrogens with zero attached hydrogens (tertiary/aromatic N) is 4. The van der Waals surface area contributed by atoms with E-state index < -0.39 is 5.82 Å². The summed E-state index contributed by atoms with van der Waals surface area (Å²) in [6, 6.07) is 15.1. The van der Waals surface area contributed by atoms with Gasteiger partial charge in [-0.1, -0.05) is 18.2 Å². The summed E-state index contributed by atoms with van der Waals surface area (Å²) >= 11 is 0. The van der Waals surface area contributed by atoms with Crippen molar-refractivity contribution in [3.05, 3.63) is 84.2 Å². The third-order valence-electron chi connectivity index (χ3n) is 3.77. The fourth-order valence-corrected chi connectivity index (χ4v) is 2.52. The van der Waals surface area contributed by atoms with Crippen LogP contribution in [0.1, 0.15) is 5.56 Å². The van der Waals surface area contributed by atoms with E-state index in [4.69, 9.17) is 0 Å². The van der Waals surface area contributed by atoms with Crippen LogP contribution in [0.4, 0.5) is 26.2 Å². The Morgan fingerprint density at radius 2 is 1.89 bits per heavy atom. The minimum atomic E-state index is -0.606. The summed E-state index contributed by atoms with van der Waals surface area (Å²) in [6.07, 6.45) is 4.17. The molecule has 0 fully saturated rings. The molecule has 0 bridgehead atoms. The number of fused-ring (bicyclic) bond motifs is 1. The van der Waals surface area contributed by atoms with E-state index in [-0.39, 0.29) is 17.6 Å². The van der Waals surface area contributed by atoms with Crippen molar-refractivity contribution < 1.29 is 8.78 Å². The minimum Gasteiger partial charge on any atom is -0.338 e. The van der Waals surface area contributed by atoms with Gasteiger partial charge in [0.05, 0.1) is 11.7 Å². The Bertz CT molecular complexity index is 1140. The van der Waals surface area contributed by atoms with Gasteiger partial charge in [-0.15, -0.1) is 0 Å². The predicted octanol–water partition coefficient (Wildman–Crippen LogP) is 4.80. The topological polar surface area (TPSA) is 63.1 Å². The SMILES string of the molecule is Fc1cccc(/C=N/c2ncc(F)c(Nc3ccc4ncccc4c3)n2)c1. The fourth-order valence-electron chi connectivity index (χ4n) is 2.52. The second kappa shape index (κ2) is 7.25. The Kier molecular flexibility index (Phi) is 4.49. The van der Waals surface area contributed by atoms with Gasteiger partial charge in [-0.25, -0.2) is 18.8 Å². The molecule has 0 spiro atoms. The van der Waals surface area contributed by atoms with Crippen LogP contribution >= 0.6 is 0 Å². The monoisotopic (exact) mass is 361 g/mol. The van der Waals surface area contributed by atoms with Gasteiger partial charge in [-0.05, 0) is 42.0 Å². The number of nitrogens with one attached hydrogen (secondary N) is 1. The summed E-state index contributed by atoms with van der Waals surface area (Å²) in [5.74, 6) is -0.914. The quantitative estimate of drug-likeness (QED) is 0.531. The molecule has 7 heteroatoms. The lowest BCUT2D eigenvalue weighted by Gasteiger charge is -2.07. The molecular weight excluding hydrogens is 348 g/mol. The number of hydrogen-bond donors (Lipinski definition) is 1. The predicted molar refractivity (Wildman–Crippen MR) is 101 cm³/mol. The third kappa shape index (κ3) is 3.92. The van der Waals surface area contributed by atoms with Crippen molar-refractivity contribution in [3.8, 4) is 0 Å². The Morgan fingerprint density at radius 1 is 0.963 bits per heavy atom. The number of rotatable bonds is 4. The maximum atomic E-state index is 14.1. The smallest absolute Gasteiger partial charge is 0.251 e. The zero-order valence-electron chi connectivity index (χ0n) is 14.0. The maximum Gasteiger partial charge on any atom is 0.251 e. The highest BCUT2D eigenvalue weighted by Crippen LogP contribution is 2.22. The number of halogens is 2. The highest BCUT2D eigenvalue weighted by molar-refractivity contribution is 5.83. The zero-order valence-corrected chi connectivity index (χ0v) is 14.0. The van der Waals surface area contributed by atoms with Crippen molar-refractivity contribution in [2.24, 2.45) is 4.99 Å². The molecule has 0 saturated carbocycles. The van der Waals surface area contributed by atoms with Gasteiger partial charge in [0, 0.05) is 23.5 Å². The molecule has 2 heterocycles. The van der Waals surface area contributed by atoms with E-state index >= 15 is 0 Å². The molecule has 0 atom stereocenters. The zero-order chi connectivity index (χ0) is 18.6. The summed E-state index contributed by atoms with van der Waals surface area (Å²) in [7, 11) is 0. The summed E-state index contributed by atoms with van der Waals surface area (Å²) in [6.45, 7) is 0. The van der Waals surface area contributed by atoms with Crippen LogP contribution in [0.25, 0.3) is 10.9 Å². The van der Waals surface area contributed by atoms with Gasteiger partial charge in [0.1, 0.15) is 5.82 Å². The minimum absolute atomic E-state index is 0.000340. The normalized spacial score (nSPS) is 11.2. The molecule has 4 rings (SSSR count). The van der Waals surface area contributed by atoms with Gasteiger partial charge < -0.3 is 5.32 Å². The Morgan fingerprint density at radius 3 is 2.78 bits per heavy atom. The second-order valence-corrected chi connectivity index (χ2v) is 5.72. The molecule has 132 valence electrons. The van der Waals surface area contributed by atoms with Crippen LogP contribution in [0.15, 0.2) is 72.0 Å². The van der Waals surface area contributed by atoms with Gasteiger partial charge in [0.15, 0.2) is 11.6 Å². The highest BCUT2D eigenvalue weighted by Gasteiger charge is 2.07. The molecular formula is C20H13F2N5. The maximum absolute atomic E-state index is 14.1. The highest BCUT2D eigenvalue weighted by atomic mass is 19.1. The van der Waals surface area contributed by atoms with E-state index in [2.05, 4.69) is 25.3 Å². The van der Waals surface area contributed by atoms with E-state index in [1.807, 2.05) is 24.3 Å². The summed E-state index contributed by atoms with van der Waals surface area (Å²) in [5.41, 5.74) is 2.05. The molecule has 0 amide bonds. The first-order chi connectivity index (χ1) is 13.2. The summed E-state index contributed by atoms with van der Waals surface area (Å²) < 4.78 is 27.3. The van der Waals surface area contributed by atoms with Crippen LogP contribution in [0, 0.1) is 11.6 Å². The Labute approximate surface area is 153 Å². The summed E-state index contributed by atoms with van der Waals surface area (Å²) in [5, 5.41) is 3.84. The number of hydrogen-bond acceptors (Lipinski definition) is 5. The van der Waals surface area contributed by atoms with Gasteiger partial charge in [0.2, 0.25) is 0 Å². The number of anilines is 2. The number of aromatic nitrogens is 3. The molecule has 1 N–H and O–H groups in total. The van der Waals surface area contributed by atoms with Crippen LogP contribution in [-0.2, 0) is 0 Å². The van der Waals surface area contributed by atoms with Gasteiger partial charge in [-0.3, -0.25) is 4.98 Å². The van der Waals surface area contributed by atoms with Crippen molar-refractivity contribution in [1.29, 1.82) is 0 Å².